The van der Waals surface area contributed by atoms with E-state index in [1.54, 1.807) is 0 Å². The van der Waals surface area contributed by atoms with Crippen molar-refractivity contribution in [2.45, 2.75) is 0 Å². The minimum atomic E-state index is -1.04. The molecule has 9 heavy (non-hydrogen) atoms. The molecule has 1 aromatic carbocycles. The van der Waals surface area contributed by atoms with E-state index < -0.39 is 11.6 Å². The van der Waals surface area contributed by atoms with Gasteiger partial charge in [-0.2, -0.15) is 0 Å². The van der Waals surface area contributed by atoms with Crippen molar-refractivity contribution >= 4 is 11.6 Å². The molecule has 0 saturated carbocycles. The summed E-state index contributed by atoms with van der Waals surface area (Å²) in [5.41, 5.74) is 0. The van der Waals surface area contributed by atoms with Crippen LogP contribution >= 0.6 is 11.6 Å². The van der Waals surface area contributed by atoms with Crippen molar-refractivity contribution in [3.63, 3.8) is 0 Å². The fourth-order valence-electron chi connectivity index (χ4n) is 0.429. The first kappa shape index (κ1) is 6.49. The van der Waals surface area contributed by atoms with Crippen LogP contribution in [-0.4, -0.2) is 0 Å². The summed E-state index contributed by atoms with van der Waals surface area (Å²) in [6.07, 6.45) is 0. The molecular weight excluding hydrogens is 146 g/mol. The van der Waals surface area contributed by atoms with Gasteiger partial charge >= 0.3 is 0 Å². The van der Waals surface area contributed by atoms with Crippen LogP contribution < -0.4 is 0 Å². The summed E-state index contributed by atoms with van der Waals surface area (Å²) >= 11 is 5.14. The van der Waals surface area contributed by atoms with Crippen molar-refractivity contribution < 1.29 is 8.78 Å². The zero-order valence-corrected chi connectivity index (χ0v) is 5.04. The van der Waals surface area contributed by atoms with Gasteiger partial charge in [-0.15, -0.1) is 0 Å². The molecule has 1 aromatic rings. The number of hydrogen-bond acceptors (Lipinski definition) is 0. The molecule has 0 aliphatic rings. The van der Waals surface area contributed by atoms with Crippen molar-refractivity contribution in [1.82, 2.24) is 0 Å². The van der Waals surface area contributed by atoms with Crippen LogP contribution in [0.3, 0.4) is 0 Å². The maximum absolute atomic E-state index is 12.2. The minimum absolute atomic E-state index is 0.310. The standard InChI is InChI=1S/C6H2ClF2/c7-4-2-1-3-5(8)6(4)9/h1,3H. The summed E-state index contributed by atoms with van der Waals surface area (Å²) in [5.74, 6) is -1.99. The first-order valence-corrected chi connectivity index (χ1v) is 2.61. The third-order valence-corrected chi connectivity index (χ3v) is 1.12. The highest BCUT2D eigenvalue weighted by Gasteiger charge is 2.03. The van der Waals surface area contributed by atoms with E-state index in [0.717, 1.165) is 6.07 Å². The molecule has 0 aromatic heterocycles. The normalized spacial score (nSPS) is 9.67. The molecule has 0 aliphatic carbocycles. The van der Waals surface area contributed by atoms with E-state index >= 15 is 0 Å². The van der Waals surface area contributed by atoms with Gasteiger partial charge in [-0.05, 0) is 12.1 Å². The van der Waals surface area contributed by atoms with Crippen molar-refractivity contribution in [1.29, 1.82) is 0 Å². The van der Waals surface area contributed by atoms with E-state index in [-0.39, 0.29) is 5.02 Å². The lowest BCUT2D eigenvalue weighted by Gasteiger charge is -1.90. The summed E-state index contributed by atoms with van der Waals surface area (Å²) in [4.78, 5) is 0. The molecule has 0 atom stereocenters. The maximum Gasteiger partial charge on any atom is 0.178 e. The minimum Gasteiger partial charge on any atom is -0.204 e. The van der Waals surface area contributed by atoms with E-state index in [1.165, 1.54) is 6.07 Å². The Morgan fingerprint density at radius 1 is 1.44 bits per heavy atom. The van der Waals surface area contributed by atoms with E-state index in [0.29, 0.717) is 0 Å². The number of hydrogen-bond donors (Lipinski definition) is 0. The Morgan fingerprint density at radius 3 is 2.56 bits per heavy atom. The summed E-state index contributed by atoms with van der Waals surface area (Å²) < 4.78 is 24.3. The monoisotopic (exact) mass is 147 g/mol. The summed E-state index contributed by atoms with van der Waals surface area (Å²) in [6, 6.07) is 4.47. The van der Waals surface area contributed by atoms with Gasteiger partial charge in [-0.25, -0.2) is 8.78 Å². The number of halogens is 3. The molecule has 0 heterocycles. The molecule has 0 aliphatic heterocycles. The predicted molar refractivity (Wildman–Crippen MR) is 30.2 cm³/mol. The Kier molecular flexibility index (Phi) is 1.67. The topological polar surface area (TPSA) is 0 Å². The Bertz CT molecular complexity index is 202. The van der Waals surface area contributed by atoms with E-state index in [1.807, 2.05) is 0 Å². The third kappa shape index (κ3) is 1.19. The number of benzene rings is 1. The molecule has 1 radical (unpaired) electrons. The van der Waals surface area contributed by atoms with Crippen molar-refractivity contribution in [3.05, 3.63) is 34.9 Å². The fourth-order valence-corrected chi connectivity index (χ4v) is 0.583. The lowest BCUT2D eigenvalue weighted by Crippen LogP contribution is -1.82. The van der Waals surface area contributed by atoms with Crippen LogP contribution in [-0.2, 0) is 0 Å². The van der Waals surface area contributed by atoms with Gasteiger partial charge < -0.3 is 0 Å². The lowest BCUT2D eigenvalue weighted by molar-refractivity contribution is 0.509. The highest BCUT2D eigenvalue weighted by Crippen LogP contribution is 2.14. The molecule has 0 amide bonds. The van der Waals surface area contributed by atoms with Crippen LogP contribution in [0.1, 0.15) is 0 Å². The predicted octanol–water partition coefficient (Wildman–Crippen LogP) is 2.42. The van der Waals surface area contributed by atoms with Gasteiger partial charge in [0.25, 0.3) is 0 Å². The Hall–Kier alpha value is -0.630. The second-order valence-electron chi connectivity index (χ2n) is 1.45. The van der Waals surface area contributed by atoms with Crippen LogP contribution in [0.15, 0.2) is 12.1 Å². The first-order chi connectivity index (χ1) is 4.22. The van der Waals surface area contributed by atoms with Crippen LogP contribution in [0.5, 0.6) is 0 Å². The van der Waals surface area contributed by atoms with Gasteiger partial charge in [0, 0.05) is 6.07 Å². The maximum atomic E-state index is 12.2. The molecule has 0 bridgehead atoms. The van der Waals surface area contributed by atoms with Gasteiger partial charge in [0.2, 0.25) is 0 Å². The van der Waals surface area contributed by atoms with Crippen LogP contribution in [0.25, 0.3) is 0 Å². The molecule has 0 spiro atoms. The molecular formula is C6H2ClF2. The smallest absolute Gasteiger partial charge is 0.178 e. The van der Waals surface area contributed by atoms with Gasteiger partial charge in [0.1, 0.15) is 0 Å². The average Bonchev–Trinajstić information content (AvgIpc) is 1.83. The molecule has 0 nitrogen and oxygen atoms in total. The summed E-state index contributed by atoms with van der Waals surface area (Å²) in [7, 11) is 0. The molecule has 1 rings (SSSR count). The molecule has 0 fully saturated rings. The average molecular weight is 148 g/mol. The molecule has 0 saturated heterocycles. The summed E-state index contributed by atoms with van der Waals surface area (Å²) in [5, 5.41) is -0.310. The number of rotatable bonds is 0. The van der Waals surface area contributed by atoms with Crippen LogP contribution in [0.4, 0.5) is 8.78 Å². The first-order valence-electron chi connectivity index (χ1n) is 2.23. The molecule has 0 N–H and O–H groups in total. The van der Waals surface area contributed by atoms with Crippen molar-refractivity contribution in [2.75, 3.05) is 0 Å². The van der Waals surface area contributed by atoms with E-state index in [4.69, 9.17) is 11.6 Å². The van der Waals surface area contributed by atoms with Crippen molar-refractivity contribution in [2.24, 2.45) is 0 Å². The second-order valence-corrected chi connectivity index (χ2v) is 1.83. The quantitative estimate of drug-likeness (QED) is 0.495. The molecule has 3 heteroatoms. The Labute approximate surface area is 56.1 Å². The molecule has 0 unspecified atom stereocenters. The highest BCUT2D eigenvalue weighted by atomic mass is 35.5. The van der Waals surface area contributed by atoms with E-state index in [9.17, 15) is 8.78 Å². The Morgan fingerprint density at radius 2 is 2.11 bits per heavy atom. The van der Waals surface area contributed by atoms with Gasteiger partial charge in [-0.1, -0.05) is 11.6 Å². The van der Waals surface area contributed by atoms with Gasteiger partial charge in [-0.3, -0.25) is 0 Å². The third-order valence-electron chi connectivity index (χ3n) is 0.842. The van der Waals surface area contributed by atoms with Crippen LogP contribution in [0, 0.1) is 17.7 Å². The zero-order valence-electron chi connectivity index (χ0n) is 4.29. The molecule has 47 valence electrons. The van der Waals surface area contributed by atoms with E-state index in [2.05, 4.69) is 6.07 Å². The SMILES string of the molecule is Fc1cc[c]c(Cl)c1F. The fraction of sp³-hybridized carbons (Fsp3) is 0. The Balaban J connectivity index is 3.25. The lowest BCUT2D eigenvalue weighted by atomic mass is 10.3. The van der Waals surface area contributed by atoms with Gasteiger partial charge in [0.15, 0.2) is 11.6 Å². The van der Waals surface area contributed by atoms with Crippen LogP contribution in [0.2, 0.25) is 5.02 Å². The van der Waals surface area contributed by atoms with Crippen molar-refractivity contribution in [3.8, 4) is 0 Å². The largest absolute Gasteiger partial charge is 0.204 e. The second kappa shape index (κ2) is 2.31. The summed E-state index contributed by atoms with van der Waals surface area (Å²) in [6.45, 7) is 0. The zero-order chi connectivity index (χ0) is 6.85. The van der Waals surface area contributed by atoms with Gasteiger partial charge in [0.05, 0.1) is 5.02 Å². The highest BCUT2D eigenvalue weighted by molar-refractivity contribution is 6.30.